The summed E-state index contributed by atoms with van der Waals surface area (Å²) in [6.07, 6.45) is 3.06. The number of hydrogen-bond donors (Lipinski definition) is 1. The number of aromatic nitrogens is 3. The maximum Gasteiger partial charge on any atom is 0.219 e. The van der Waals surface area contributed by atoms with Gasteiger partial charge in [0.2, 0.25) is 5.88 Å². The quantitative estimate of drug-likeness (QED) is 0.335. The fourth-order valence-electron chi connectivity index (χ4n) is 4.46. The van der Waals surface area contributed by atoms with E-state index < -0.39 is 0 Å². The summed E-state index contributed by atoms with van der Waals surface area (Å²) in [6.45, 7) is 0. The Labute approximate surface area is 197 Å². The van der Waals surface area contributed by atoms with E-state index in [4.69, 9.17) is 9.97 Å². The third-order valence-corrected chi connectivity index (χ3v) is 6.19. The molecule has 0 saturated carbocycles. The zero-order valence-electron chi connectivity index (χ0n) is 18.6. The normalized spacial score (nSPS) is 11.3. The number of nitrogens with zero attached hydrogens (tertiary/aromatic N) is 3. The molecule has 6 rings (SSSR count). The second-order valence-corrected chi connectivity index (χ2v) is 8.54. The minimum atomic E-state index is 0.164. The Morgan fingerprint density at radius 1 is 0.618 bits per heavy atom. The van der Waals surface area contributed by atoms with E-state index in [0.29, 0.717) is 24.2 Å². The SMILES string of the molecule is Oc1c(Cc2ccc3ccccc3c2)nc2c(Cc3ccccc3)nc(-c3ccccc3)cn12. The first-order valence-electron chi connectivity index (χ1n) is 11.4. The van der Waals surface area contributed by atoms with Crippen molar-refractivity contribution in [3.63, 3.8) is 0 Å². The lowest BCUT2D eigenvalue weighted by Crippen LogP contribution is -2.00. The molecule has 2 heterocycles. The fourth-order valence-corrected chi connectivity index (χ4v) is 4.46. The van der Waals surface area contributed by atoms with E-state index in [1.165, 1.54) is 10.8 Å². The Hall–Kier alpha value is -4.44. The van der Waals surface area contributed by atoms with Gasteiger partial charge in [0.15, 0.2) is 5.65 Å². The van der Waals surface area contributed by atoms with Crippen molar-refractivity contribution in [2.45, 2.75) is 12.8 Å². The van der Waals surface area contributed by atoms with Crippen LogP contribution in [0.25, 0.3) is 27.7 Å². The van der Waals surface area contributed by atoms with Gasteiger partial charge in [0, 0.05) is 24.6 Å². The number of fused-ring (bicyclic) bond motifs is 2. The van der Waals surface area contributed by atoms with E-state index in [1.54, 1.807) is 4.40 Å². The van der Waals surface area contributed by atoms with Gasteiger partial charge in [-0.25, -0.2) is 9.97 Å². The highest BCUT2D eigenvalue weighted by molar-refractivity contribution is 5.83. The molecule has 0 spiro atoms. The molecule has 34 heavy (non-hydrogen) atoms. The molecule has 2 aromatic heterocycles. The van der Waals surface area contributed by atoms with Gasteiger partial charge >= 0.3 is 0 Å². The van der Waals surface area contributed by atoms with Gasteiger partial charge in [0.25, 0.3) is 0 Å². The molecular formula is C30H23N3O. The van der Waals surface area contributed by atoms with Crippen LogP contribution < -0.4 is 0 Å². The van der Waals surface area contributed by atoms with Gasteiger partial charge in [-0.15, -0.1) is 0 Å². The number of imidazole rings is 1. The first-order chi connectivity index (χ1) is 16.7. The molecule has 0 amide bonds. The molecular weight excluding hydrogens is 418 g/mol. The number of aromatic hydroxyl groups is 1. The van der Waals surface area contributed by atoms with Crippen LogP contribution in [0.5, 0.6) is 5.88 Å². The van der Waals surface area contributed by atoms with Crippen molar-refractivity contribution in [2.24, 2.45) is 0 Å². The van der Waals surface area contributed by atoms with E-state index in [1.807, 2.05) is 66.9 Å². The first-order valence-corrected chi connectivity index (χ1v) is 11.4. The molecule has 4 aromatic carbocycles. The predicted octanol–water partition coefficient (Wildman–Crippen LogP) is 6.44. The van der Waals surface area contributed by atoms with Crippen LogP contribution in [0.3, 0.4) is 0 Å². The standard InChI is InChI=1S/C30H23N3O/c34-30-27(19-22-15-16-23-11-7-8-14-25(23)17-22)32-29-26(18-21-9-3-1-4-10-21)31-28(20-33(29)30)24-12-5-2-6-13-24/h1-17,20,34H,18-19H2. The minimum Gasteiger partial charge on any atom is -0.493 e. The molecule has 0 radical (unpaired) electrons. The van der Waals surface area contributed by atoms with Crippen molar-refractivity contribution >= 4 is 16.4 Å². The Morgan fingerprint density at radius 2 is 1.29 bits per heavy atom. The van der Waals surface area contributed by atoms with Crippen molar-refractivity contribution in [1.82, 2.24) is 14.4 Å². The van der Waals surface area contributed by atoms with Crippen molar-refractivity contribution in [3.05, 3.63) is 132 Å². The zero-order valence-corrected chi connectivity index (χ0v) is 18.6. The lowest BCUT2D eigenvalue weighted by Gasteiger charge is -2.08. The summed E-state index contributed by atoms with van der Waals surface area (Å²) in [7, 11) is 0. The average Bonchev–Trinajstić information content (AvgIpc) is 3.20. The highest BCUT2D eigenvalue weighted by Gasteiger charge is 2.18. The summed E-state index contributed by atoms with van der Waals surface area (Å²) in [5.41, 5.74) is 6.26. The van der Waals surface area contributed by atoms with Crippen molar-refractivity contribution < 1.29 is 5.11 Å². The van der Waals surface area contributed by atoms with Crippen LogP contribution in [-0.4, -0.2) is 19.5 Å². The maximum atomic E-state index is 11.2. The monoisotopic (exact) mass is 441 g/mol. The highest BCUT2D eigenvalue weighted by Crippen LogP contribution is 2.29. The molecule has 0 fully saturated rings. The summed E-state index contributed by atoms with van der Waals surface area (Å²) < 4.78 is 1.78. The van der Waals surface area contributed by atoms with Gasteiger partial charge in [-0.1, -0.05) is 103 Å². The second kappa shape index (κ2) is 8.49. The molecule has 164 valence electrons. The predicted molar refractivity (Wildman–Crippen MR) is 136 cm³/mol. The van der Waals surface area contributed by atoms with Gasteiger partial charge in [-0.3, -0.25) is 4.40 Å². The lowest BCUT2D eigenvalue weighted by molar-refractivity contribution is 0.442. The van der Waals surface area contributed by atoms with Crippen molar-refractivity contribution in [1.29, 1.82) is 0 Å². The van der Waals surface area contributed by atoms with Crippen LogP contribution >= 0.6 is 0 Å². The molecule has 0 unspecified atom stereocenters. The largest absolute Gasteiger partial charge is 0.493 e. The molecule has 4 heteroatoms. The first kappa shape index (κ1) is 20.2. The van der Waals surface area contributed by atoms with E-state index in [2.05, 4.69) is 42.5 Å². The minimum absolute atomic E-state index is 0.164. The van der Waals surface area contributed by atoms with Gasteiger partial charge in [-0.05, 0) is 21.9 Å². The average molecular weight is 442 g/mol. The van der Waals surface area contributed by atoms with Crippen molar-refractivity contribution in [2.75, 3.05) is 0 Å². The fraction of sp³-hybridized carbons (Fsp3) is 0.0667. The van der Waals surface area contributed by atoms with E-state index >= 15 is 0 Å². The summed E-state index contributed by atoms with van der Waals surface area (Å²) in [6, 6.07) is 35.0. The van der Waals surface area contributed by atoms with Crippen molar-refractivity contribution in [3.8, 4) is 17.1 Å². The summed E-state index contributed by atoms with van der Waals surface area (Å²) in [5.74, 6) is 0.164. The molecule has 0 aliphatic heterocycles. The van der Waals surface area contributed by atoms with Gasteiger partial charge in [0.1, 0.15) is 5.69 Å². The Kier molecular flexibility index (Phi) is 5.04. The number of hydrogen-bond acceptors (Lipinski definition) is 3. The Morgan fingerprint density at radius 3 is 2.09 bits per heavy atom. The molecule has 1 N–H and O–H groups in total. The molecule has 0 atom stereocenters. The summed E-state index contributed by atoms with van der Waals surface area (Å²) in [5, 5.41) is 13.6. The van der Waals surface area contributed by atoms with Crippen LogP contribution in [0.15, 0.2) is 109 Å². The number of rotatable bonds is 5. The van der Waals surface area contributed by atoms with Crippen LogP contribution in [0.1, 0.15) is 22.5 Å². The molecule has 0 bridgehead atoms. The maximum absolute atomic E-state index is 11.2. The third-order valence-electron chi connectivity index (χ3n) is 6.19. The van der Waals surface area contributed by atoms with Crippen LogP contribution in [0, 0.1) is 0 Å². The van der Waals surface area contributed by atoms with E-state index in [0.717, 1.165) is 28.1 Å². The van der Waals surface area contributed by atoms with Crippen LogP contribution in [0.2, 0.25) is 0 Å². The Bertz CT molecular complexity index is 1610. The van der Waals surface area contributed by atoms with Crippen LogP contribution in [-0.2, 0) is 12.8 Å². The molecule has 0 aliphatic carbocycles. The Balaban J connectivity index is 1.47. The molecule has 6 aromatic rings. The molecule has 0 aliphatic rings. The van der Waals surface area contributed by atoms with E-state index in [9.17, 15) is 5.11 Å². The van der Waals surface area contributed by atoms with Gasteiger partial charge in [0.05, 0.1) is 11.4 Å². The molecule has 4 nitrogen and oxygen atoms in total. The van der Waals surface area contributed by atoms with E-state index in [-0.39, 0.29) is 5.88 Å². The lowest BCUT2D eigenvalue weighted by atomic mass is 10.0. The third kappa shape index (κ3) is 3.80. The van der Waals surface area contributed by atoms with Crippen LogP contribution in [0.4, 0.5) is 0 Å². The number of benzene rings is 4. The summed E-state index contributed by atoms with van der Waals surface area (Å²) >= 11 is 0. The van der Waals surface area contributed by atoms with Gasteiger partial charge in [-0.2, -0.15) is 0 Å². The molecule has 0 saturated heterocycles. The summed E-state index contributed by atoms with van der Waals surface area (Å²) in [4.78, 5) is 9.84. The topological polar surface area (TPSA) is 50.4 Å². The van der Waals surface area contributed by atoms with Gasteiger partial charge < -0.3 is 5.11 Å². The second-order valence-electron chi connectivity index (χ2n) is 8.54. The highest BCUT2D eigenvalue weighted by atomic mass is 16.3. The smallest absolute Gasteiger partial charge is 0.219 e. The zero-order chi connectivity index (χ0) is 22.9.